The summed E-state index contributed by atoms with van der Waals surface area (Å²) in [5.41, 5.74) is 5.82. The van der Waals surface area contributed by atoms with Gasteiger partial charge in [0.15, 0.2) is 34.8 Å². The van der Waals surface area contributed by atoms with Gasteiger partial charge in [0.1, 0.15) is 0 Å². The fourth-order valence-electron chi connectivity index (χ4n) is 6.26. The lowest BCUT2D eigenvalue weighted by atomic mass is 10.0. The van der Waals surface area contributed by atoms with Gasteiger partial charge in [0.25, 0.3) is 11.8 Å². The molecule has 5 heterocycles. The molecular formula is C40H44N6O13S2. The minimum Gasteiger partial charge on any atom is -0.392 e. The summed E-state index contributed by atoms with van der Waals surface area (Å²) < 4.78 is 52.2. The van der Waals surface area contributed by atoms with Gasteiger partial charge in [-0.05, 0) is 74.3 Å². The Hall–Kier alpha value is -5.96. The molecule has 0 spiro atoms. The first-order valence-electron chi connectivity index (χ1n) is 18.4. The molecule has 21 heteroatoms. The van der Waals surface area contributed by atoms with E-state index in [1.165, 1.54) is 43.7 Å². The van der Waals surface area contributed by atoms with E-state index in [0.717, 1.165) is 23.6 Å². The molecule has 2 aromatic heterocycles. The van der Waals surface area contributed by atoms with E-state index in [0.29, 0.717) is 22.5 Å². The lowest BCUT2D eigenvalue weighted by Crippen LogP contribution is -2.50. The lowest BCUT2D eigenvalue weighted by molar-refractivity contribution is -0.140. The van der Waals surface area contributed by atoms with Gasteiger partial charge >= 0.3 is 12.1 Å². The molecule has 1 aromatic carbocycles. The molecule has 0 aliphatic carbocycles. The second-order valence-corrected chi connectivity index (χ2v) is 20.0. The quantitative estimate of drug-likeness (QED) is 0.0840. The van der Waals surface area contributed by atoms with Crippen molar-refractivity contribution in [3.8, 4) is 35.5 Å². The number of amides is 4. The number of ether oxygens (including phenoxy) is 1. The van der Waals surface area contributed by atoms with E-state index in [1.807, 2.05) is 0 Å². The van der Waals surface area contributed by atoms with Crippen LogP contribution in [0.4, 0.5) is 9.59 Å². The highest BCUT2D eigenvalue weighted by molar-refractivity contribution is 7.93. The number of sulfone groups is 2. The highest BCUT2D eigenvalue weighted by Crippen LogP contribution is 2.27. The summed E-state index contributed by atoms with van der Waals surface area (Å²) in [6, 6.07) is 9.96. The molecular weight excluding hydrogens is 837 g/mol. The number of carbonyl (C=O) groups excluding carboxylic acids is 4. The van der Waals surface area contributed by atoms with Gasteiger partial charge in [0, 0.05) is 66.1 Å². The molecule has 0 radical (unpaired) electrons. The van der Waals surface area contributed by atoms with E-state index in [4.69, 9.17) is 20.3 Å². The van der Waals surface area contributed by atoms with Crippen LogP contribution < -0.4 is 11.0 Å². The molecule has 3 aliphatic rings. The van der Waals surface area contributed by atoms with Crippen molar-refractivity contribution in [2.24, 2.45) is 0 Å². The van der Waals surface area contributed by atoms with Gasteiger partial charge in [-0.2, -0.15) is 0 Å². The van der Waals surface area contributed by atoms with Crippen LogP contribution in [0.25, 0.3) is 0 Å². The predicted octanol–water partition coefficient (Wildman–Crippen LogP) is -0.0505. The summed E-state index contributed by atoms with van der Waals surface area (Å²) in [7, 11) is -7.67. The largest absolute Gasteiger partial charge is 0.392 e. The van der Waals surface area contributed by atoms with Gasteiger partial charge in [0.2, 0.25) is 0 Å². The summed E-state index contributed by atoms with van der Waals surface area (Å²) in [4.78, 5) is 51.9. The maximum atomic E-state index is 12.7. The highest BCUT2D eigenvalue weighted by Gasteiger charge is 2.45. The standard InChI is InChI=1S/C21H23N3O6S.C19H21N3O7S/c1-21(19(26)22-28,31(2,29)30)9-10-23-13-18-11-17(12-24(18)20(23)27)8-5-15-3-6-16(14-25)7-4-15;1-18(16(23)20-26,30(2,27)28)7-8-21-11-15-9-14(10-22(15)17(21)24)5-3-4-6-19(25)12-29-13-19/h3-4,6-7,11-12,25,28H,9-10,13-14H2,1-2H3,(H,22,26);9-10,25-26H,7-8,11-13H2,1-2H3,(H,20,23)/t21-;18-/m11/s1. The van der Waals surface area contributed by atoms with Crippen molar-refractivity contribution in [3.63, 3.8) is 0 Å². The van der Waals surface area contributed by atoms with E-state index in [2.05, 4.69) is 35.5 Å². The molecule has 4 amide bonds. The zero-order valence-electron chi connectivity index (χ0n) is 33.6. The molecule has 0 unspecified atom stereocenters. The third kappa shape index (κ3) is 9.99. The number of fused-ring (bicyclic) bond motifs is 2. The van der Waals surface area contributed by atoms with Crippen LogP contribution in [0.3, 0.4) is 0 Å². The fourth-order valence-corrected chi connectivity index (χ4v) is 7.95. The topological polar surface area (TPSA) is 267 Å². The SMILES string of the molecule is C[C@@](CCN1Cc2cc(C#CC#CC3(O)COC3)cn2C1=O)(C(=O)NO)S(C)(=O)=O.C[C@@](CCN1Cc2cc(C#Cc3ccc(CO)cc3)cn2C1=O)(C(=O)NO)S(C)(=O)=O. The Balaban J connectivity index is 0.000000231. The zero-order chi connectivity index (χ0) is 45.0. The van der Waals surface area contributed by atoms with Gasteiger partial charge in [0.05, 0.1) is 32.9 Å². The van der Waals surface area contributed by atoms with E-state index >= 15 is 0 Å². The molecule has 1 fully saturated rings. The molecule has 3 aromatic rings. The maximum Gasteiger partial charge on any atom is 0.328 e. The number of aromatic nitrogens is 2. The van der Waals surface area contributed by atoms with Crippen LogP contribution in [0.5, 0.6) is 0 Å². The number of rotatable bonds is 11. The second-order valence-electron chi connectivity index (χ2n) is 15.1. The molecule has 2 atom stereocenters. The number of hydroxylamine groups is 2. The molecule has 19 nitrogen and oxygen atoms in total. The normalized spacial score (nSPS) is 16.9. The van der Waals surface area contributed by atoms with Crippen molar-refractivity contribution in [2.75, 3.05) is 38.8 Å². The number of hydrogen-bond acceptors (Lipinski definition) is 13. The fraction of sp³-hybridized carbons (Fsp3) is 0.400. The number of benzene rings is 1. The summed E-state index contributed by atoms with van der Waals surface area (Å²) >= 11 is 0. The first-order chi connectivity index (χ1) is 28.6. The van der Waals surface area contributed by atoms with Crippen LogP contribution in [0.1, 0.15) is 60.3 Å². The molecule has 3 aliphatic heterocycles. The van der Waals surface area contributed by atoms with Crippen LogP contribution >= 0.6 is 0 Å². The van der Waals surface area contributed by atoms with E-state index in [9.17, 15) is 41.1 Å². The lowest BCUT2D eigenvalue weighted by Gasteiger charge is -2.30. The smallest absolute Gasteiger partial charge is 0.328 e. The average molecular weight is 881 g/mol. The minimum absolute atomic E-state index is 0.00461. The Labute approximate surface area is 352 Å². The number of carbonyl (C=O) groups is 4. The minimum atomic E-state index is -3.84. The Morgan fingerprint density at radius 3 is 1.57 bits per heavy atom. The molecule has 0 bridgehead atoms. The first kappa shape index (κ1) is 46.1. The van der Waals surface area contributed by atoms with E-state index < -0.39 is 46.6 Å². The zero-order valence-corrected chi connectivity index (χ0v) is 35.2. The number of hydrogen-bond donors (Lipinski definition) is 6. The van der Waals surface area contributed by atoms with E-state index in [1.54, 1.807) is 48.8 Å². The van der Waals surface area contributed by atoms with Crippen LogP contribution in [-0.4, -0.2) is 134 Å². The Kier molecular flexibility index (Phi) is 13.6. The molecule has 1 saturated heterocycles. The highest BCUT2D eigenvalue weighted by atomic mass is 32.2. The summed E-state index contributed by atoms with van der Waals surface area (Å²) in [5.74, 6) is 14.5. The van der Waals surface area contributed by atoms with Crippen LogP contribution in [0.15, 0.2) is 48.8 Å². The van der Waals surface area contributed by atoms with Gasteiger partial charge in [-0.15, -0.1) is 0 Å². The third-order valence-electron chi connectivity index (χ3n) is 10.7. The summed E-state index contributed by atoms with van der Waals surface area (Å²) in [5, 5.41) is 36.6. The van der Waals surface area contributed by atoms with Crippen molar-refractivity contribution in [2.45, 2.75) is 61.5 Å². The molecule has 0 saturated carbocycles. The first-order valence-corrected chi connectivity index (χ1v) is 22.2. The molecule has 324 valence electrons. The van der Waals surface area contributed by atoms with Crippen molar-refractivity contribution in [1.82, 2.24) is 29.9 Å². The molecule has 61 heavy (non-hydrogen) atoms. The number of aliphatic hydroxyl groups excluding tert-OH is 1. The summed E-state index contributed by atoms with van der Waals surface area (Å²) in [6.45, 7) is 3.21. The molecule has 6 N–H and O–H groups in total. The van der Waals surface area contributed by atoms with Gasteiger partial charge in [-0.3, -0.25) is 29.1 Å². The van der Waals surface area contributed by atoms with Crippen LogP contribution in [0.2, 0.25) is 0 Å². The van der Waals surface area contributed by atoms with E-state index in [-0.39, 0.29) is 70.9 Å². The van der Waals surface area contributed by atoms with Crippen molar-refractivity contribution < 1.29 is 61.4 Å². The Morgan fingerprint density at radius 1 is 0.754 bits per heavy atom. The summed E-state index contributed by atoms with van der Waals surface area (Å²) in [6.07, 6.45) is 4.64. The van der Waals surface area contributed by atoms with Crippen LogP contribution in [-0.2, 0) is 53.7 Å². The second kappa shape index (κ2) is 17.9. The predicted molar refractivity (Wildman–Crippen MR) is 216 cm³/mol. The van der Waals surface area contributed by atoms with Crippen molar-refractivity contribution in [1.29, 1.82) is 0 Å². The maximum absolute atomic E-state index is 12.7. The van der Waals surface area contributed by atoms with Crippen LogP contribution in [0, 0.1) is 35.5 Å². The number of aliphatic hydroxyl groups is 2. The third-order valence-corrected chi connectivity index (χ3v) is 14.8. The van der Waals surface area contributed by atoms with Gasteiger partial charge < -0.3 is 24.7 Å². The van der Waals surface area contributed by atoms with Crippen molar-refractivity contribution in [3.05, 3.63) is 82.4 Å². The Bertz CT molecular complexity index is 2650. The monoisotopic (exact) mass is 880 g/mol. The number of nitrogens with one attached hydrogen (secondary N) is 2. The Morgan fingerprint density at radius 2 is 1.20 bits per heavy atom. The average Bonchev–Trinajstić information content (AvgIpc) is 3.96. The van der Waals surface area contributed by atoms with Gasteiger partial charge in [-0.25, -0.2) is 37.4 Å². The molecule has 6 rings (SSSR count). The number of nitrogens with zero attached hydrogens (tertiary/aromatic N) is 4. The van der Waals surface area contributed by atoms with Gasteiger partial charge in [-0.1, -0.05) is 29.9 Å². The van der Waals surface area contributed by atoms with Crippen molar-refractivity contribution >= 4 is 43.6 Å².